The fraction of sp³-hybridized carbons (Fsp3) is 0.0909. The van der Waals surface area contributed by atoms with Gasteiger partial charge in [-0.2, -0.15) is 0 Å². The average molecular weight is 374 g/mol. The minimum atomic E-state index is -0.528. The van der Waals surface area contributed by atoms with E-state index in [1.165, 1.54) is 0 Å². The van der Waals surface area contributed by atoms with Gasteiger partial charge in [0.15, 0.2) is 0 Å². The van der Waals surface area contributed by atoms with E-state index in [2.05, 4.69) is 0 Å². The standard InChI is InChI=1S/C22H22N4O2/c23-19-9-1-15(2-10-19)13-26(14-16-3-11-20(24)12-4-16)22(28)18-7-5-17(6-8-18)21(25)27/h1-12H,13-14,23-24H2,(H2,25,27). The highest BCUT2D eigenvalue weighted by Crippen LogP contribution is 2.17. The van der Waals surface area contributed by atoms with Crippen molar-refractivity contribution in [3.05, 3.63) is 95.1 Å². The van der Waals surface area contributed by atoms with E-state index in [0.717, 1.165) is 11.1 Å². The Morgan fingerprint density at radius 2 is 1.04 bits per heavy atom. The Kier molecular flexibility index (Phi) is 5.60. The Morgan fingerprint density at radius 1 is 0.643 bits per heavy atom. The minimum Gasteiger partial charge on any atom is -0.399 e. The molecule has 6 nitrogen and oxygen atoms in total. The zero-order valence-corrected chi connectivity index (χ0v) is 15.3. The molecule has 0 radical (unpaired) electrons. The summed E-state index contributed by atoms with van der Waals surface area (Å²) in [6, 6.07) is 21.2. The van der Waals surface area contributed by atoms with Crippen molar-refractivity contribution in [2.24, 2.45) is 5.73 Å². The van der Waals surface area contributed by atoms with Gasteiger partial charge in [0.05, 0.1) is 0 Å². The number of hydrogen-bond acceptors (Lipinski definition) is 4. The van der Waals surface area contributed by atoms with Crippen LogP contribution in [0.5, 0.6) is 0 Å². The summed E-state index contributed by atoms with van der Waals surface area (Å²) in [4.78, 5) is 26.1. The van der Waals surface area contributed by atoms with E-state index < -0.39 is 5.91 Å². The monoisotopic (exact) mass is 374 g/mol. The van der Waals surface area contributed by atoms with E-state index in [9.17, 15) is 9.59 Å². The molecule has 6 heteroatoms. The molecule has 28 heavy (non-hydrogen) atoms. The zero-order valence-electron chi connectivity index (χ0n) is 15.3. The second kappa shape index (κ2) is 8.26. The first-order chi connectivity index (χ1) is 13.4. The largest absolute Gasteiger partial charge is 0.399 e. The maximum atomic E-state index is 13.1. The van der Waals surface area contributed by atoms with Crippen LogP contribution in [0, 0.1) is 0 Å². The summed E-state index contributed by atoms with van der Waals surface area (Å²) in [5, 5.41) is 0. The molecule has 0 saturated carbocycles. The van der Waals surface area contributed by atoms with E-state index >= 15 is 0 Å². The molecule has 3 rings (SSSR count). The Hall–Kier alpha value is -3.80. The van der Waals surface area contributed by atoms with Crippen LogP contribution in [0.15, 0.2) is 72.8 Å². The zero-order chi connectivity index (χ0) is 20.1. The van der Waals surface area contributed by atoms with E-state index in [4.69, 9.17) is 17.2 Å². The lowest BCUT2D eigenvalue weighted by Crippen LogP contribution is -2.30. The summed E-state index contributed by atoms with van der Waals surface area (Å²) < 4.78 is 0. The minimum absolute atomic E-state index is 0.148. The Balaban J connectivity index is 1.87. The molecule has 142 valence electrons. The molecule has 3 aromatic rings. The fourth-order valence-electron chi connectivity index (χ4n) is 2.85. The van der Waals surface area contributed by atoms with Gasteiger partial charge in [-0.25, -0.2) is 0 Å². The van der Waals surface area contributed by atoms with Crippen LogP contribution in [0.4, 0.5) is 11.4 Å². The van der Waals surface area contributed by atoms with Crippen molar-refractivity contribution in [3.63, 3.8) is 0 Å². The molecule has 0 aliphatic rings. The van der Waals surface area contributed by atoms with Crippen LogP contribution in [0.3, 0.4) is 0 Å². The maximum Gasteiger partial charge on any atom is 0.254 e. The maximum absolute atomic E-state index is 13.1. The van der Waals surface area contributed by atoms with E-state index in [-0.39, 0.29) is 5.91 Å². The van der Waals surface area contributed by atoms with Gasteiger partial charge in [0, 0.05) is 35.6 Å². The third-order valence-electron chi connectivity index (χ3n) is 4.41. The van der Waals surface area contributed by atoms with Crippen LogP contribution in [-0.4, -0.2) is 16.7 Å². The van der Waals surface area contributed by atoms with Crippen LogP contribution >= 0.6 is 0 Å². The molecule has 0 aliphatic heterocycles. The summed E-state index contributed by atoms with van der Waals surface area (Å²) in [5.41, 5.74) is 20.9. The first-order valence-corrected chi connectivity index (χ1v) is 8.80. The normalized spacial score (nSPS) is 10.4. The molecule has 0 saturated heterocycles. The van der Waals surface area contributed by atoms with Gasteiger partial charge in [0.1, 0.15) is 0 Å². The molecule has 0 aliphatic carbocycles. The number of rotatable bonds is 6. The Labute approximate surface area is 163 Å². The third-order valence-corrected chi connectivity index (χ3v) is 4.41. The fourth-order valence-corrected chi connectivity index (χ4v) is 2.85. The van der Waals surface area contributed by atoms with Crippen LogP contribution in [0.25, 0.3) is 0 Å². The van der Waals surface area contributed by atoms with Crippen molar-refractivity contribution in [2.45, 2.75) is 13.1 Å². The highest BCUT2D eigenvalue weighted by Gasteiger charge is 2.17. The van der Waals surface area contributed by atoms with Crippen LogP contribution < -0.4 is 17.2 Å². The number of hydrogen-bond donors (Lipinski definition) is 3. The average Bonchev–Trinajstić information content (AvgIpc) is 2.70. The molecule has 0 spiro atoms. The molecule has 0 atom stereocenters. The number of carbonyl (C=O) groups excluding carboxylic acids is 2. The number of anilines is 2. The molecule has 0 heterocycles. The Morgan fingerprint density at radius 3 is 1.43 bits per heavy atom. The number of primary amides is 1. The van der Waals surface area contributed by atoms with E-state index in [1.807, 2.05) is 48.5 Å². The Bertz CT molecular complexity index is 917. The summed E-state index contributed by atoms with van der Waals surface area (Å²) in [6.07, 6.45) is 0. The van der Waals surface area contributed by atoms with E-state index in [1.54, 1.807) is 29.2 Å². The van der Waals surface area contributed by atoms with Gasteiger partial charge < -0.3 is 22.1 Å². The van der Waals surface area contributed by atoms with Gasteiger partial charge in [-0.05, 0) is 59.7 Å². The van der Waals surface area contributed by atoms with Crippen molar-refractivity contribution >= 4 is 23.2 Å². The number of amides is 2. The predicted molar refractivity (Wildman–Crippen MR) is 110 cm³/mol. The highest BCUT2D eigenvalue weighted by molar-refractivity contribution is 5.97. The molecule has 2 amide bonds. The number of nitrogens with zero attached hydrogens (tertiary/aromatic N) is 1. The van der Waals surface area contributed by atoms with Crippen molar-refractivity contribution < 1.29 is 9.59 Å². The smallest absolute Gasteiger partial charge is 0.254 e. The number of nitrogens with two attached hydrogens (primary N) is 3. The lowest BCUT2D eigenvalue weighted by atomic mass is 10.1. The quantitative estimate of drug-likeness (QED) is 0.575. The van der Waals surface area contributed by atoms with Gasteiger partial charge in [0.25, 0.3) is 5.91 Å². The second-order valence-electron chi connectivity index (χ2n) is 6.59. The number of nitrogen functional groups attached to an aromatic ring is 2. The van der Waals surface area contributed by atoms with Crippen molar-refractivity contribution in [1.82, 2.24) is 4.90 Å². The molecular formula is C22H22N4O2. The van der Waals surface area contributed by atoms with Crippen LogP contribution in [0.2, 0.25) is 0 Å². The topological polar surface area (TPSA) is 115 Å². The summed E-state index contributed by atoms with van der Waals surface area (Å²) in [6.45, 7) is 0.835. The van der Waals surface area contributed by atoms with Gasteiger partial charge >= 0.3 is 0 Å². The number of benzene rings is 3. The van der Waals surface area contributed by atoms with Gasteiger partial charge in [-0.3, -0.25) is 9.59 Å². The third kappa shape index (κ3) is 4.67. The molecule has 0 bridgehead atoms. The highest BCUT2D eigenvalue weighted by atomic mass is 16.2. The summed E-state index contributed by atoms with van der Waals surface area (Å²) in [5.74, 6) is -0.677. The lowest BCUT2D eigenvalue weighted by Gasteiger charge is -2.23. The van der Waals surface area contributed by atoms with Crippen molar-refractivity contribution in [2.75, 3.05) is 11.5 Å². The van der Waals surface area contributed by atoms with Crippen molar-refractivity contribution in [3.8, 4) is 0 Å². The molecule has 0 fully saturated rings. The number of carbonyl (C=O) groups is 2. The summed E-state index contributed by atoms with van der Waals surface area (Å²) in [7, 11) is 0. The molecular weight excluding hydrogens is 352 g/mol. The first kappa shape index (κ1) is 19.0. The summed E-state index contributed by atoms with van der Waals surface area (Å²) >= 11 is 0. The van der Waals surface area contributed by atoms with Crippen molar-refractivity contribution in [1.29, 1.82) is 0 Å². The van der Waals surface area contributed by atoms with Gasteiger partial charge in [-0.1, -0.05) is 24.3 Å². The first-order valence-electron chi connectivity index (χ1n) is 8.80. The second-order valence-corrected chi connectivity index (χ2v) is 6.59. The molecule has 6 N–H and O–H groups in total. The lowest BCUT2D eigenvalue weighted by molar-refractivity contribution is 0.0729. The molecule has 3 aromatic carbocycles. The SMILES string of the molecule is NC(=O)c1ccc(C(=O)N(Cc2ccc(N)cc2)Cc2ccc(N)cc2)cc1. The molecule has 0 aromatic heterocycles. The predicted octanol–water partition coefficient (Wildman–Crippen LogP) is 2.79. The van der Waals surface area contributed by atoms with E-state index in [0.29, 0.717) is 35.6 Å². The van der Waals surface area contributed by atoms with Crippen LogP contribution in [-0.2, 0) is 13.1 Å². The van der Waals surface area contributed by atoms with Gasteiger partial charge in [0.2, 0.25) is 5.91 Å². The molecule has 0 unspecified atom stereocenters. The van der Waals surface area contributed by atoms with Gasteiger partial charge in [-0.15, -0.1) is 0 Å². The van der Waals surface area contributed by atoms with Crippen LogP contribution in [0.1, 0.15) is 31.8 Å².